The van der Waals surface area contributed by atoms with Gasteiger partial charge in [0.1, 0.15) is 6.61 Å². The standard InChI is InChI=1S/C10H22N2O2/c1-8(10(2,3)4)12-9(13)7-14-6-5-11/h8H,5-7,11H2,1-4H3,(H,12,13). The molecule has 0 aromatic heterocycles. The van der Waals surface area contributed by atoms with Crippen molar-refractivity contribution in [3.63, 3.8) is 0 Å². The van der Waals surface area contributed by atoms with Gasteiger partial charge in [-0.3, -0.25) is 4.79 Å². The molecule has 1 atom stereocenters. The average Bonchev–Trinajstić information content (AvgIpc) is 2.03. The quantitative estimate of drug-likeness (QED) is 0.639. The van der Waals surface area contributed by atoms with Crippen LogP contribution in [0.5, 0.6) is 0 Å². The van der Waals surface area contributed by atoms with Crippen molar-refractivity contribution >= 4 is 5.91 Å². The fourth-order valence-corrected chi connectivity index (χ4v) is 0.748. The zero-order chi connectivity index (χ0) is 11.2. The van der Waals surface area contributed by atoms with Crippen LogP contribution >= 0.6 is 0 Å². The first-order chi connectivity index (χ1) is 6.38. The number of hydrogen-bond donors (Lipinski definition) is 2. The van der Waals surface area contributed by atoms with E-state index in [0.29, 0.717) is 13.2 Å². The number of carbonyl (C=O) groups excluding carboxylic acids is 1. The molecule has 1 unspecified atom stereocenters. The zero-order valence-corrected chi connectivity index (χ0v) is 9.59. The number of ether oxygens (including phenoxy) is 1. The van der Waals surface area contributed by atoms with Crippen LogP contribution in [0.2, 0.25) is 0 Å². The summed E-state index contributed by atoms with van der Waals surface area (Å²) in [6.45, 7) is 9.20. The molecule has 0 radical (unpaired) electrons. The van der Waals surface area contributed by atoms with E-state index in [1.54, 1.807) is 0 Å². The van der Waals surface area contributed by atoms with Crippen molar-refractivity contribution in [2.75, 3.05) is 19.8 Å². The van der Waals surface area contributed by atoms with Crippen molar-refractivity contribution in [2.24, 2.45) is 11.1 Å². The molecule has 4 nitrogen and oxygen atoms in total. The molecule has 0 aliphatic heterocycles. The first-order valence-corrected chi connectivity index (χ1v) is 4.95. The van der Waals surface area contributed by atoms with E-state index in [-0.39, 0.29) is 24.0 Å². The second-order valence-electron chi connectivity index (χ2n) is 4.50. The Morgan fingerprint density at radius 2 is 2.07 bits per heavy atom. The molecule has 4 heteroatoms. The maximum atomic E-state index is 11.3. The van der Waals surface area contributed by atoms with Crippen LogP contribution in [0, 0.1) is 5.41 Å². The van der Waals surface area contributed by atoms with E-state index < -0.39 is 0 Å². The van der Waals surface area contributed by atoms with E-state index in [0.717, 1.165) is 0 Å². The van der Waals surface area contributed by atoms with Gasteiger partial charge >= 0.3 is 0 Å². The van der Waals surface area contributed by atoms with Crippen molar-refractivity contribution < 1.29 is 9.53 Å². The molecule has 0 spiro atoms. The van der Waals surface area contributed by atoms with Crippen LogP contribution in [0.25, 0.3) is 0 Å². The van der Waals surface area contributed by atoms with Crippen molar-refractivity contribution in [1.29, 1.82) is 0 Å². The maximum Gasteiger partial charge on any atom is 0.246 e. The summed E-state index contributed by atoms with van der Waals surface area (Å²) in [5.41, 5.74) is 5.30. The molecule has 0 saturated heterocycles. The first-order valence-electron chi connectivity index (χ1n) is 4.95. The molecule has 3 N–H and O–H groups in total. The van der Waals surface area contributed by atoms with Crippen LogP contribution in [-0.4, -0.2) is 31.7 Å². The zero-order valence-electron chi connectivity index (χ0n) is 9.59. The highest BCUT2D eigenvalue weighted by atomic mass is 16.5. The molecule has 0 heterocycles. The normalized spacial score (nSPS) is 13.8. The lowest BCUT2D eigenvalue weighted by Crippen LogP contribution is -2.43. The van der Waals surface area contributed by atoms with E-state index in [1.165, 1.54) is 0 Å². The monoisotopic (exact) mass is 202 g/mol. The van der Waals surface area contributed by atoms with Gasteiger partial charge < -0.3 is 15.8 Å². The van der Waals surface area contributed by atoms with E-state index in [1.807, 2.05) is 6.92 Å². The van der Waals surface area contributed by atoms with Crippen LogP contribution in [0.1, 0.15) is 27.7 Å². The Labute approximate surface area is 86.2 Å². The van der Waals surface area contributed by atoms with E-state index >= 15 is 0 Å². The number of rotatable bonds is 5. The second-order valence-corrected chi connectivity index (χ2v) is 4.50. The lowest BCUT2D eigenvalue weighted by Gasteiger charge is -2.27. The summed E-state index contributed by atoms with van der Waals surface area (Å²) in [4.78, 5) is 11.3. The number of hydrogen-bond acceptors (Lipinski definition) is 3. The number of nitrogens with two attached hydrogens (primary N) is 1. The molecule has 0 fully saturated rings. The van der Waals surface area contributed by atoms with E-state index in [9.17, 15) is 4.79 Å². The molecule has 0 saturated carbocycles. The fraction of sp³-hybridized carbons (Fsp3) is 0.900. The van der Waals surface area contributed by atoms with Gasteiger partial charge in [-0.2, -0.15) is 0 Å². The Balaban J connectivity index is 3.72. The Morgan fingerprint density at radius 1 is 1.50 bits per heavy atom. The van der Waals surface area contributed by atoms with Crippen LogP contribution in [0.15, 0.2) is 0 Å². The highest BCUT2D eigenvalue weighted by Crippen LogP contribution is 2.18. The van der Waals surface area contributed by atoms with Crippen molar-refractivity contribution in [2.45, 2.75) is 33.7 Å². The van der Waals surface area contributed by atoms with Crippen LogP contribution in [0.3, 0.4) is 0 Å². The molecular formula is C10H22N2O2. The van der Waals surface area contributed by atoms with Crippen LogP contribution < -0.4 is 11.1 Å². The predicted molar refractivity (Wildman–Crippen MR) is 56.9 cm³/mol. The summed E-state index contributed by atoms with van der Waals surface area (Å²) < 4.78 is 5.02. The molecular weight excluding hydrogens is 180 g/mol. The smallest absolute Gasteiger partial charge is 0.246 e. The summed E-state index contributed by atoms with van der Waals surface area (Å²) >= 11 is 0. The molecule has 0 aliphatic rings. The predicted octanol–water partition coefficient (Wildman–Crippen LogP) is 0.513. The Bertz CT molecular complexity index is 175. The molecule has 1 amide bonds. The lowest BCUT2D eigenvalue weighted by atomic mass is 9.88. The van der Waals surface area contributed by atoms with Gasteiger partial charge in [-0.1, -0.05) is 20.8 Å². The Kier molecular flexibility index (Phi) is 5.72. The summed E-state index contributed by atoms with van der Waals surface area (Å²) in [5, 5.41) is 2.87. The van der Waals surface area contributed by atoms with Gasteiger partial charge in [0.25, 0.3) is 0 Å². The summed E-state index contributed by atoms with van der Waals surface area (Å²) in [6, 6.07) is 0.136. The largest absolute Gasteiger partial charge is 0.370 e. The van der Waals surface area contributed by atoms with Gasteiger partial charge in [0.05, 0.1) is 6.61 Å². The molecule has 0 aromatic carbocycles. The van der Waals surface area contributed by atoms with Crippen LogP contribution in [0.4, 0.5) is 0 Å². The number of amides is 1. The summed E-state index contributed by atoms with van der Waals surface area (Å²) in [6.07, 6.45) is 0. The molecule has 0 aliphatic carbocycles. The van der Waals surface area contributed by atoms with Gasteiger partial charge in [0, 0.05) is 12.6 Å². The van der Waals surface area contributed by atoms with Crippen molar-refractivity contribution in [1.82, 2.24) is 5.32 Å². The molecule has 84 valence electrons. The highest BCUT2D eigenvalue weighted by molar-refractivity contribution is 5.77. The van der Waals surface area contributed by atoms with Crippen molar-refractivity contribution in [3.8, 4) is 0 Å². The van der Waals surface area contributed by atoms with E-state index in [4.69, 9.17) is 10.5 Å². The summed E-state index contributed by atoms with van der Waals surface area (Å²) in [5.74, 6) is -0.0825. The van der Waals surface area contributed by atoms with Gasteiger partial charge in [0.2, 0.25) is 5.91 Å². The highest BCUT2D eigenvalue weighted by Gasteiger charge is 2.21. The van der Waals surface area contributed by atoms with Gasteiger partial charge in [0.15, 0.2) is 0 Å². The van der Waals surface area contributed by atoms with E-state index in [2.05, 4.69) is 26.1 Å². The number of carbonyl (C=O) groups is 1. The second kappa shape index (κ2) is 5.98. The SMILES string of the molecule is CC(NC(=O)COCCN)C(C)(C)C. The first kappa shape index (κ1) is 13.4. The summed E-state index contributed by atoms with van der Waals surface area (Å²) in [7, 11) is 0. The van der Waals surface area contributed by atoms with Crippen molar-refractivity contribution in [3.05, 3.63) is 0 Å². The Morgan fingerprint density at radius 3 is 2.50 bits per heavy atom. The lowest BCUT2D eigenvalue weighted by molar-refractivity contribution is -0.126. The van der Waals surface area contributed by atoms with Gasteiger partial charge in [-0.25, -0.2) is 0 Å². The minimum absolute atomic E-state index is 0.0729. The third-order valence-electron chi connectivity index (χ3n) is 2.17. The molecule has 0 rings (SSSR count). The van der Waals surface area contributed by atoms with Gasteiger partial charge in [-0.15, -0.1) is 0 Å². The third-order valence-corrected chi connectivity index (χ3v) is 2.17. The topological polar surface area (TPSA) is 64.3 Å². The molecule has 0 aromatic rings. The Hall–Kier alpha value is -0.610. The van der Waals surface area contributed by atoms with Gasteiger partial charge in [-0.05, 0) is 12.3 Å². The molecule has 0 bridgehead atoms. The minimum Gasteiger partial charge on any atom is -0.370 e. The number of nitrogens with one attached hydrogen (secondary N) is 1. The fourth-order valence-electron chi connectivity index (χ4n) is 0.748. The molecule has 14 heavy (non-hydrogen) atoms. The maximum absolute atomic E-state index is 11.3. The third kappa shape index (κ3) is 5.94. The minimum atomic E-state index is -0.0825. The average molecular weight is 202 g/mol. The van der Waals surface area contributed by atoms with Crippen LogP contribution in [-0.2, 0) is 9.53 Å².